The van der Waals surface area contributed by atoms with Gasteiger partial charge in [0.2, 0.25) is 0 Å². The van der Waals surface area contributed by atoms with Gasteiger partial charge in [-0.3, -0.25) is 0 Å². The van der Waals surface area contributed by atoms with Crippen LogP contribution in [0.5, 0.6) is 11.5 Å². The van der Waals surface area contributed by atoms with Crippen molar-refractivity contribution in [2.75, 3.05) is 11.5 Å². The molecule has 49 heavy (non-hydrogen) atoms. The zero-order valence-corrected chi connectivity index (χ0v) is 28.0. The van der Waals surface area contributed by atoms with E-state index in [-0.39, 0.29) is 41.2 Å². The topological polar surface area (TPSA) is 194 Å². The van der Waals surface area contributed by atoms with Crippen LogP contribution < -0.4 is 31.9 Å². The monoisotopic (exact) mass is 685 g/mol. The molecular weight excluding hydrogens is 655 g/mol. The normalized spacial score (nSPS) is 12.3. The molecule has 0 saturated carbocycles. The summed E-state index contributed by atoms with van der Waals surface area (Å²) in [5.74, 6) is -1.39. The third-order valence-electron chi connectivity index (χ3n) is 7.47. The third-order valence-corrected chi connectivity index (χ3v) is 7.47. The molecule has 0 bridgehead atoms. The first kappa shape index (κ1) is 35.8. The molecule has 0 aliphatic carbocycles. The molecule has 6 rings (SSSR count). The molecule has 6 aromatic carbocycles. The number of rotatable bonds is 6. The number of para-hydroxylation sites is 2. The second-order valence-corrected chi connectivity index (χ2v) is 10.7. The number of anilines is 2. The number of hydrogen-bond donors (Lipinski definition) is 2. The molecule has 0 fully saturated rings. The van der Waals surface area contributed by atoms with Crippen LogP contribution in [0.2, 0.25) is 0 Å². The van der Waals surface area contributed by atoms with Crippen LogP contribution >= 0.6 is 0 Å². The van der Waals surface area contributed by atoms with Crippen molar-refractivity contribution in [2.45, 2.75) is 13.8 Å². The summed E-state index contributed by atoms with van der Waals surface area (Å²) in [6.45, 7) is 3.32. The van der Waals surface area contributed by atoms with Gasteiger partial charge < -0.3 is 31.9 Å². The SMILES string of the molecule is C/C(=N\N=C(/[O-])c1ccccc1N)c1c([O-])ccc2ccccc12.C/C(=N\N=C(/[O-])c1ccccc1N)c1c([O-])ccc2ccccc12.[V+4]. The first-order valence-electron chi connectivity index (χ1n) is 14.8. The molecule has 241 valence electrons. The van der Waals surface area contributed by atoms with Gasteiger partial charge in [-0.2, -0.15) is 20.4 Å². The van der Waals surface area contributed by atoms with Crippen LogP contribution in [-0.4, -0.2) is 23.2 Å². The summed E-state index contributed by atoms with van der Waals surface area (Å²) in [7, 11) is 0. The van der Waals surface area contributed by atoms with Crippen molar-refractivity contribution in [3.63, 3.8) is 0 Å². The molecule has 1 radical (unpaired) electrons. The molecule has 4 N–H and O–H groups in total. The summed E-state index contributed by atoms with van der Waals surface area (Å²) < 4.78 is 0. The number of benzene rings is 6. The maximum absolute atomic E-state index is 12.2. The zero-order chi connectivity index (χ0) is 34.2. The van der Waals surface area contributed by atoms with Crippen molar-refractivity contribution in [1.29, 1.82) is 0 Å². The van der Waals surface area contributed by atoms with E-state index in [1.54, 1.807) is 74.5 Å². The quantitative estimate of drug-likeness (QED) is 0.115. The van der Waals surface area contributed by atoms with E-state index in [0.717, 1.165) is 21.5 Å². The minimum absolute atomic E-state index is 0. The van der Waals surface area contributed by atoms with Crippen molar-refractivity contribution >= 4 is 56.1 Å². The molecule has 10 nitrogen and oxygen atoms in total. The molecule has 0 aromatic heterocycles. The van der Waals surface area contributed by atoms with Crippen molar-refractivity contribution in [3.05, 3.63) is 144 Å². The van der Waals surface area contributed by atoms with Crippen molar-refractivity contribution in [1.82, 2.24) is 0 Å². The standard InChI is InChI=1S/2C19H17N3O2.V/c2*1-12(21-22-19(24)15-8-4-5-9-16(15)20)18-14-7-3-2-6-13(14)10-11-17(18)23;/h2*2-11,23H,20H2,1H3,(H,22,24);/q;;+4/p-4/b2*21-12+;. The molecule has 6 aromatic rings. The van der Waals surface area contributed by atoms with Crippen LogP contribution in [0.3, 0.4) is 0 Å². The van der Waals surface area contributed by atoms with E-state index in [1.807, 2.05) is 48.5 Å². The molecule has 0 amide bonds. The Labute approximate surface area is 295 Å². The maximum Gasteiger partial charge on any atom is 4.00 e. The fourth-order valence-electron chi connectivity index (χ4n) is 5.08. The maximum atomic E-state index is 12.2. The van der Waals surface area contributed by atoms with Gasteiger partial charge in [-0.05, 0) is 58.7 Å². The van der Waals surface area contributed by atoms with Crippen molar-refractivity contribution in [3.8, 4) is 11.5 Å². The zero-order valence-electron chi connectivity index (χ0n) is 26.6. The number of nitrogen functional groups attached to an aromatic ring is 2. The molecule has 0 aliphatic heterocycles. The van der Waals surface area contributed by atoms with Gasteiger partial charge in [-0.15, -0.1) is 0 Å². The second-order valence-electron chi connectivity index (χ2n) is 10.7. The average molecular weight is 686 g/mol. The molecule has 11 heteroatoms. The van der Waals surface area contributed by atoms with Crippen LogP contribution in [0.25, 0.3) is 21.5 Å². The largest absolute Gasteiger partial charge is 4.00 e. The molecular formula is C38H30N6O4V. The minimum Gasteiger partial charge on any atom is -0.872 e. The molecule has 0 spiro atoms. The summed E-state index contributed by atoms with van der Waals surface area (Å²) in [4.78, 5) is 0. The Bertz CT molecular complexity index is 2090. The Morgan fingerprint density at radius 1 is 0.469 bits per heavy atom. The van der Waals surface area contributed by atoms with Crippen molar-refractivity contribution < 1.29 is 39.0 Å². The number of nitrogens with two attached hydrogens (primary N) is 2. The first-order valence-corrected chi connectivity index (χ1v) is 14.8. The van der Waals surface area contributed by atoms with Crippen molar-refractivity contribution in [2.24, 2.45) is 20.4 Å². The Kier molecular flexibility index (Phi) is 11.8. The van der Waals surface area contributed by atoms with E-state index < -0.39 is 11.8 Å². The predicted octanol–water partition coefficient (Wildman–Crippen LogP) is 4.05. The Morgan fingerprint density at radius 2 is 0.816 bits per heavy atom. The number of fused-ring (bicyclic) bond motifs is 2. The minimum atomic E-state index is -0.542. The van der Waals surface area contributed by atoms with E-state index in [9.17, 15) is 20.4 Å². The van der Waals surface area contributed by atoms with E-state index in [1.165, 1.54) is 12.1 Å². The van der Waals surface area contributed by atoms with Gasteiger partial charge in [0.1, 0.15) is 0 Å². The van der Waals surface area contributed by atoms with Crippen LogP contribution in [0, 0.1) is 0 Å². The summed E-state index contributed by atoms with van der Waals surface area (Å²) in [5.41, 5.74) is 14.4. The molecule has 0 unspecified atom stereocenters. The van der Waals surface area contributed by atoms with Gasteiger partial charge in [-0.1, -0.05) is 121 Å². The van der Waals surface area contributed by atoms with Gasteiger partial charge in [-0.25, -0.2) is 0 Å². The van der Waals surface area contributed by atoms with E-state index in [0.29, 0.717) is 33.9 Å². The summed E-state index contributed by atoms with van der Waals surface area (Å²) in [6.07, 6.45) is 0. The van der Waals surface area contributed by atoms with Gasteiger partial charge in [0.15, 0.2) is 0 Å². The Balaban J connectivity index is 0.000000216. The van der Waals surface area contributed by atoms with Gasteiger partial charge in [0, 0.05) is 34.3 Å². The van der Waals surface area contributed by atoms with Crippen LogP contribution in [0.1, 0.15) is 36.1 Å². The van der Waals surface area contributed by atoms with Crippen LogP contribution in [0.15, 0.2) is 142 Å². The summed E-state index contributed by atoms with van der Waals surface area (Å²) >= 11 is 0. The Hall–Kier alpha value is -6.10. The third kappa shape index (κ3) is 8.26. The fourth-order valence-corrected chi connectivity index (χ4v) is 5.08. The average Bonchev–Trinajstić information content (AvgIpc) is 3.10. The van der Waals surface area contributed by atoms with Crippen LogP contribution in [0.4, 0.5) is 11.4 Å². The summed E-state index contributed by atoms with van der Waals surface area (Å²) in [5, 5.41) is 67.4. The van der Waals surface area contributed by atoms with E-state index >= 15 is 0 Å². The smallest absolute Gasteiger partial charge is 0.872 e. The Morgan fingerprint density at radius 3 is 1.20 bits per heavy atom. The number of hydrogen-bond acceptors (Lipinski definition) is 10. The van der Waals surface area contributed by atoms with Gasteiger partial charge in [0.05, 0.1) is 11.4 Å². The second kappa shape index (κ2) is 16.1. The van der Waals surface area contributed by atoms with Crippen LogP contribution in [-0.2, 0) is 18.6 Å². The molecule has 0 heterocycles. The molecule has 0 saturated heterocycles. The fraction of sp³-hybridized carbons (Fsp3) is 0.0526. The molecule has 0 atom stereocenters. The molecule has 0 aliphatic rings. The van der Waals surface area contributed by atoms with Gasteiger partial charge in [0.25, 0.3) is 0 Å². The predicted molar refractivity (Wildman–Crippen MR) is 186 cm³/mol. The van der Waals surface area contributed by atoms with Gasteiger partial charge >= 0.3 is 18.6 Å². The van der Waals surface area contributed by atoms with E-state index in [4.69, 9.17) is 11.5 Å². The first-order chi connectivity index (χ1) is 23.2. The van der Waals surface area contributed by atoms with E-state index in [2.05, 4.69) is 20.4 Å². The summed E-state index contributed by atoms with van der Waals surface area (Å²) in [6, 6.07) is 34.9. The number of nitrogens with zero attached hydrogens (tertiary/aromatic N) is 4.